The molecule has 0 radical (unpaired) electrons. The van der Waals surface area contributed by atoms with Crippen LogP contribution in [0.5, 0.6) is 17.2 Å². The lowest BCUT2D eigenvalue weighted by Crippen LogP contribution is -2.28. The van der Waals surface area contributed by atoms with Gasteiger partial charge in [-0.25, -0.2) is 4.98 Å². The monoisotopic (exact) mass is 415 g/mol. The molecule has 1 aromatic carbocycles. The molecule has 0 fully saturated rings. The largest absolute Gasteiger partial charge is 0.493 e. The van der Waals surface area contributed by atoms with E-state index in [0.29, 0.717) is 23.8 Å². The smallest absolute Gasteiger partial charge is 0.271 e. The Kier molecular flexibility index (Phi) is 5.47. The molecule has 0 unspecified atom stereocenters. The number of aromatic nitrogens is 2. The minimum absolute atomic E-state index is 0.0812. The lowest BCUT2D eigenvalue weighted by Gasteiger charge is -2.21. The molecule has 0 N–H and O–H groups in total. The number of methoxy groups -OCH3 is 3. The molecular formula is C21H25N3O4S. The third-order valence-electron chi connectivity index (χ3n) is 5.36. The number of rotatable bonds is 5. The van der Waals surface area contributed by atoms with Gasteiger partial charge in [-0.2, -0.15) is 0 Å². The van der Waals surface area contributed by atoms with Gasteiger partial charge < -0.3 is 14.2 Å². The van der Waals surface area contributed by atoms with Crippen LogP contribution in [0.1, 0.15) is 17.0 Å². The first-order valence-corrected chi connectivity index (χ1v) is 10.4. The van der Waals surface area contributed by atoms with Gasteiger partial charge in [-0.15, -0.1) is 11.3 Å². The van der Waals surface area contributed by atoms with E-state index in [1.165, 1.54) is 11.3 Å². The van der Waals surface area contributed by atoms with Crippen molar-refractivity contribution in [1.82, 2.24) is 14.5 Å². The van der Waals surface area contributed by atoms with Gasteiger partial charge in [-0.05, 0) is 35.6 Å². The summed E-state index contributed by atoms with van der Waals surface area (Å²) in [6, 6.07) is 3.95. The summed E-state index contributed by atoms with van der Waals surface area (Å²) in [5.41, 5.74) is 3.08. The number of aryl methyl sites for hydroxylation is 1. The molecule has 0 atom stereocenters. The second kappa shape index (κ2) is 8.04. The van der Waals surface area contributed by atoms with Gasteiger partial charge in [0.25, 0.3) is 5.56 Å². The molecule has 29 heavy (non-hydrogen) atoms. The molecule has 0 spiro atoms. The highest BCUT2D eigenvalue weighted by Crippen LogP contribution is 2.38. The zero-order valence-electron chi connectivity index (χ0n) is 17.2. The zero-order chi connectivity index (χ0) is 20.5. The predicted octanol–water partition coefficient (Wildman–Crippen LogP) is 2.85. The molecule has 7 nitrogen and oxygen atoms in total. The van der Waals surface area contributed by atoms with Crippen molar-refractivity contribution in [2.75, 3.05) is 34.4 Å². The SMILES string of the molecule is COc1cc(CN2CCc3nc4c(C)csc4c(=O)n3CC2)cc(OC)c1OC. The lowest BCUT2D eigenvalue weighted by atomic mass is 10.1. The maximum Gasteiger partial charge on any atom is 0.271 e. The highest BCUT2D eigenvalue weighted by molar-refractivity contribution is 7.17. The molecule has 1 aliphatic heterocycles. The molecule has 0 saturated heterocycles. The topological polar surface area (TPSA) is 65.8 Å². The van der Waals surface area contributed by atoms with Crippen LogP contribution in [0.2, 0.25) is 0 Å². The van der Waals surface area contributed by atoms with E-state index in [2.05, 4.69) is 4.90 Å². The van der Waals surface area contributed by atoms with E-state index in [1.807, 2.05) is 29.0 Å². The van der Waals surface area contributed by atoms with Gasteiger partial charge in [0.15, 0.2) is 11.5 Å². The quantitative estimate of drug-likeness (QED) is 0.639. The van der Waals surface area contributed by atoms with Crippen LogP contribution < -0.4 is 19.8 Å². The summed E-state index contributed by atoms with van der Waals surface area (Å²) in [5, 5.41) is 2.01. The van der Waals surface area contributed by atoms with Gasteiger partial charge in [0.2, 0.25) is 5.75 Å². The third kappa shape index (κ3) is 3.58. The average Bonchev–Trinajstić information content (AvgIpc) is 2.98. The Labute approximate surface area is 173 Å². The van der Waals surface area contributed by atoms with E-state index in [4.69, 9.17) is 19.2 Å². The highest BCUT2D eigenvalue weighted by Gasteiger charge is 2.20. The number of hydrogen-bond donors (Lipinski definition) is 0. The molecule has 3 heterocycles. The van der Waals surface area contributed by atoms with E-state index in [-0.39, 0.29) is 5.56 Å². The zero-order valence-corrected chi connectivity index (χ0v) is 18.0. The van der Waals surface area contributed by atoms with Crippen molar-refractivity contribution >= 4 is 21.6 Å². The predicted molar refractivity (Wildman–Crippen MR) is 114 cm³/mol. The van der Waals surface area contributed by atoms with E-state index >= 15 is 0 Å². The number of thiophene rings is 1. The fourth-order valence-electron chi connectivity index (χ4n) is 3.83. The molecule has 154 valence electrons. The fraction of sp³-hybridized carbons (Fsp3) is 0.429. The summed E-state index contributed by atoms with van der Waals surface area (Å²) in [6.45, 7) is 4.99. The molecule has 1 aliphatic rings. The van der Waals surface area contributed by atoms with Crippen molar-refractivity contribution in [2.24, 2.45) is 0 Å². The van der Waals surface area contributed by atoms with Crippen molar-refractivity contribution in [3.63, 3.8) is 0 Å². The third-order valence-corrected chi connectivity index (χ3v) is 6.43. The van der Waals surface area contributed by atoms with Crippen molar-refractivity contribution in [3.05, 3.63) is 44.8 Å². The Hall–Kier alpha value is -2.58. The normalized spacial score (nSPS) is 14.5. The Bertz CT molecular complexity index is 1080. The van der Waals surface area contributed by atoms with E-state index in [1.54, 1.807) is 21.3 Å². The molecule has 8 heteroatoms. The Morgan fingerprint density at radius 2 is 1.79 bits per heavy atom. The summed E-state index contributed by atoms with van der Waals surface area (Å²) in [6.07, 6.45) is 0.741. The first kappa shape index (κ1) is 19.7. The van der Waals surface area contributed by atoms with Crippen LogP contribution in [0.4, 0.5) is 0 Å². The second-order valence-corrected chi connectivity index (χ2v) is 8.02. The van der Waals surface area contributed by atoms with Crippen molar-refractivity contribution in [2.45, 2.75) is 26.4 Å². The second-order valence-electron chi connectivity index (χ2n) is 7.14. The van der Waals surface area contributed by atoms with E-state index in [9.17, 15) is 4.79 Å². The average molecular weight is 416 g/mol. The van der Waals surface area contributed by atoms with Crippen LogP contribution in [0.15, 0.2) is 22.3 Å². The Morgan fingerprint density at radius 1 is 1.07 bits per heavy atom. The van der Waals surface area contributed by atoms with Gasteiger partial charge in [0.05, 0.1) is 26.8 Å². The molecule has 0 saturated carbocycles. The molecular weight excluding hydrogens is 390 g/mol. The number of nitrogens with zero attached hydrogens (tertiary/aromatic N) is 3. The molecule has 4 rings (SSSR count). The number of benzene rings is 1. The Morgan fingerprint density at radius 3 is 2.45 bits per heavy atom. The summed E-state index contributed by atoms with van der Waals surface area (Å²) in [7, 11) is 4.84. The van der Waals surface area contributed by atoms with Gasteiger partial charge >= 0.3 is 0 Å². The molecule has 3 aromatic rings. The summed E-state index contributed by atoms with van der Waals surface area (Å²) < 4.78 is 18.9. The standard InChI is InChI=1S/C21H25N3O4S/c1-13-12-29-20-18(13)22-17-5-6-23(7-8-24(17)21(20)25)11-14-9-15(26-2)19(28-4)16(10-14)27-3/h9-10,12H,5-8,11H2,1-4H3. The molecule has 0 aliphatic carbocycles. The van der Waals surface area contributed by atoms with Gasteiger partial charge in [0, 0.05) is 32.6 Å². The highest BCUT2D eigenvalue weighted by atomic mass is 32.1. The summed E-state index contributed by atoms with van der Waals surface area (Å²) >= 11 is 1.49. The van der Waals surface area contributed by atoms with Crippen LogP contribution in [0.25, 0.3) is 10.2 Å². The van der Waals surface area contributed by atoms with Crippen LogP contribution in [0, 0.1) is 6.92 Å². The first-order valence-electron chi connectivity index (χ1n) is 9.54. The fourth-order valence-corrected chi connectivity index (χ4v) is 4.77. The molecule has 0 bridgehead atoms. The van der Waals surface area contributed by atoms with Crippen LogP contribution in [0.3, 0.4) is 0 Å². The van der Waals surface area contributed by atoms with Crippen molar-refractivity contribution in [3.8, 4) is 17.2 Å². The van der Waals surface area contributed by atoms with Crippen molar-refractivity contribution < 1.29 is 14.2 Å². The van der Waals surface area contributed by atoms with Gasteiger partial charge in [-0.1, -0.05) is 0 Å². The van der Waals surface area contributed by atoms with Gasteiger partial charge in [-0.3, -0.25) is 14.3 Å². The summed E-state index contributed by atoms with van der Waals surface area (Å²) in [4.78, 5) is 20.0. The number of hydrogen-bond acceptors (Lipinski definition) is 7. The Balaban J connectivity index is 1.59. The first-order chi connectivity index (χ1) is 14.0. The molecule has 0 amide bonds. The lowest BCUT2D eigenvalue weighted by molar-refractivity contribution is 0.269. The van der Waals surface area contributed by atoms with Crippen LogP contribution in [-0.4, -0.2) is 48.9 Å². The maximum atomic E-state index is 12.9. The number of ether oxygens (including phenoxy) is 3. The van der Waals surface area contributed by atoms with Crippen molar-refractivity contribution in [1.29, 1.82) is 0 Å². The summed E-state index contributed by atoms with van der Waals surface area (Å²) in [5.74, 6) is 2.76. The minimum atomic E-state index is 0.0812. The van der Waals surface area contributed by atoms with E-state index in [0.717, 1.165) is 53.2 Å². The van der Waals surface area contributed by atoms with E-state index < -0.39 is 0 Å². The van der Waals surface area contributed by atoms with Crippen LogP contribution >= 0.6 is 11.3 Å². The maximum absolute atomic E-state index is 12.9. The minimum Gasteiger partial charge on any atom is -0.493 e. The van der Waals surface area contributed by atoms with Crippen LogP contribution in [-0.2, 0) is 19.5 Å². The number of fused-ring (bicyclic) bond motifs is 2. The van der Waals surface area contributed by atoms with Gasteiger partial charge in [0.1, 0.15) is 10.5 Å². The molecule has 2 aromatic heterocycles.